The average Bonchev–Trinajstić information content (AvgIpc) is 3.33. The lowest BCUT2D eigenvalue weighted by molar-refractivity contribution is 0.0123. The fourth-order valence-electron chi connectivity index (χ4n) is 4.66. The van der Waals surface area contributed by atoms with Gasteiger partial charge in [-0.3, -0.25) is 9.58 Å². The smallest absolute Gasteiger partial charge is 0.410 e. The molecule has 2 fully saturated rings. The number of aromatic nitrogens is 5. The first-order chi connectivity index (χ1) is 15.1. The molecule has 0 spiro atoms. The normalized spacial score (nSPS) is 20.9. The molecule has 2 aliphatic rings. The number of hydrogen-bond donors (Lipinski definition) is 1. The number of pyridine rings is 1. The number of ether oxygens (including phenoxy) is 1. The molecule has 1 amide bonds. The summed E-state index contributed by atoms with van der Waals surface area (Å²) in [6.45, 7) is 6.43. The lowest BCUT2D eigenvalue weighted by Gasteiger charge is -2.42. The van der Waals surface area contributed by atoms with Crippen LogP contribution in [0.2, 0.25) is 0 Å². The zero-order chi connectivity index (χ0) is 22.8. The minimum absolute atomic E-state index is 0.0830. The van der Waals surface area contributed by atoms with Gasteiger partial charge in [-0.25, -0.2) is 19.2 Å². The lowest BCUT2D eigenvalue weighted by atomic mass is 10.1. The summed E-state index contributed by atoms with van der Waals surface area (Å²) in [5.41, 5.74) is 0.605. The highest BCUT2D eigenvalue weighted by Crippen LogP contribution is 2.37. The van der Waals surface area contributed by atoms with E-state index in [-0.39, 0.29) is 29.6 Å². The first-order valence-electron chi connectivity index (χ1n) is 10.6. The van der Waals surface area contributed by atoms with Gasteiger partial charge in [0.25, 0.3) is 0 Å². The molecule has 11 heteroatoms. The fourth-order valence-corrected chi connectivity index (χ4v) is 4.66. The molecule has 0 saturated carbocycles. The zero-order valence-corrected chi connectivity index (χ0v) is 18.4. The van der Waals surface area contributed by atoms with Crippen molar-refractivity contribution in [1.82, 2.24) is 29.6 Å². The third-order valence-corrected chi connectivity index (χ3v) is 5.88. The average molecular weight is 445 g/mol. The Morgan fingerprint density at radius 2 is 1.91 bits per heavy atom. The number of carbonyl (C=O) groups excluding carboxylic acids is 1. The Kier molecular flexibility index (Phi) is 4.61. The summed E-state index contributed by atoms with van der Waals surface area (Å²) in [6, 6.07) is -0.166. The van der Waals surface area contributed by atoms with Crippen LogP contribution < -0.4 is 4.90 Å². The molecule has 2 saturated heterocycles. The molecule has 1 N–H and O–H groups in total. The van der Waals surface area contributed by atoms with Crippen LogP contribution in [0.25, 0.3) is 22.6 Å². The maximum atomic E-state index is 15.0. The van der Waals surface area contributed by atoms with Gasteiger partial charge in [0.1, 0.15) is 22.6 Å². The second-order valence-corrected chi connectivity index (χ2v) is 9.42. The van der Waals surface area contributed by atoms with Crippen LogP contribution in [-0.2, 0) is 11.8 Å². The van der Waals surface area contributed by atoms with Gasteiger partial charge in [-0.05, 0) is 33.6 Å². The maximum absolute atomic E-state index is 15.0. The van der Waals surface area contributed by atoms with Crippen LogP contribution in [-0.4, -0.2) is 66.5 Å². The number of H-pyrrole nitrogens is 1. The summed E-state index contributed by atoms with van der Waals surface area (Å²) in [6.07, 6.45) is 3.95. The van der Waals surface area contributed by atoms with Crippen LogP contribution >= 0.6 is 0 Å². The van der Waals surface area contributed by atoms with Crippen molar-refractivity contribution in [2.75, 3.05) is 18.0 Å². The van der Waals surface area contributed by atoms with E-state index in [2.05, 4.69) is 20.1 Å². The number of nitrogens with zero attached hydrogens (tertiary/aromatic N) is 6. The molecular formula is C21H25F2N7O2. The standard InChI is InChI=1S/C21H25F2N7O2/c1-21(2,3)32-20(31)30-11-5-6-12(30)9-29(8-11)16-14(22)7-24-19-15(16)25-18(26-19)13-10-28(4)27-17(13)23/h7,10-12H,5-6,8-9H2,1-4H3,(H,24,25,26). The molecule has 5 rings (SSSR count). The van der Waals surface area contributed by atoms with Crippen molar-refractivity contribution in [2.45, 2.75) is 51.3 Å². The van der Waals surface area contributed by atoms with E-state index in [0.29, 0.717) is 29.9 Å². The monoisotopic (exact) mass is 445 g/mol. The highest BCUT2D eigenvalue weighted by atomic mass is 19.1. The fraction of sp³-hybridized carbons (Fsp3) is 0.524. The number of aromatic amines is 1. The summed E-state index contributed by atoms with van der Waals surface area (Å²) in [7, 11) is 1.61. The van der Waals surface area contributed by atoms with Crippen molar-refractivity contribution >= 4 is 22.9 Å². The number of aryl methyl sites for hydroxylation is 1. The predicted octanol–water partition coefficient (Wildman–Crippen LogP) is 3.22. The molecule has 3 aromatic heterocycles. The van der Waals surface area contributed by atoms with Crippen LogP contribution in [0.4, 0.5) is 19.3 Å². The Morgan fingerprint density at radius 3 is 2.50 bits per heavy atom. The van der Waals surface area contributed by atoms with E-state index in [1.807, 2.05) is 25.7 Å². The molecule has 3 aromatic rings. The van der Waals surface area contributed by atoms with Crippen molar-refractivity contribution in [1.29, 1.82) is 0 Å². The Balaban J connectivity index is 1.48. The number of carbonyl (C=O) groups is 1. The lowest BCUT2D eigenvalue weighted by Crippen LogP contribution is -2.57. The van der Waals surface area contributed by atoms with Gasteiger partial charge < -0.3 is 14.6 Å². The van der Waals surface area contributed by atoms with E-state index in [0.717, 1.165) is 19.0 Å². The number of halogens is 2. The number of fused-ring (bicyclic) bond motifs is 3. The number of nitrogens with one attached hydrogen (secondary N) is 1. The third-order valence-electron chi connectivity index (χ3n) is 5.88. The van der Waals surface area contributed by atoms with Gasteiger partial charge in [0, 0.05) is 26.3 Å². The van der Waals surface area contributed by atoms with Crippen molar-refractivity contribution < 1.29 is 18.3 Å². The van der Waals surface area contributed by atoms with Gasteiger partial charge in [0.2, 0.25) is 5.95 Å². The van der Waals surface area contributed by atoms with E-state index in [4.69, 9.17) is 4.74 Å². The molecular weight excluding hydrogens is 420 g/mol. The number of hydrogen-bond acceptors (Lipinski definition) is 6. The Morgan fingerprint density at radius 1 is 1.22 bits per heavy atom. The third kappa shape index (κ3) is 3.45. The summed E-state index contributed by atoms with van der Waals surface area (Å²) in [5.74, 6) is -0.940. The minimum Gasteiger partial charge on any atom is -0.444 e. The van der Waals surface area contributed by atoms with Crippen LogP contribution in [0.15, 0.2) is 12.4 Å². The SMILES string of the molecule is Cn1cc(-c2nc3c(N4CC5CCC(C4)N5C(=O)OC(C)(C)C)c(F)cnc3[nH]2)c(F)n1. The largest absolute Gasteiger partial charge is 0.444 e. The number of imidazole rings is 1. The van der Waals surface area contributed by atoms with E-state index in [1.54, 1.807) is 11.9 Å². The van der Waals surface area contributed by atoms with Gasteiger partial charge >= 0.3 is 6.09 Å². The first-order valence-corrected chi connectivity index (χ1v) is 10.6. The van der Waals surface area contributed by atoms with E-state index < -0.39 is 17.4 Å². The summed E-state index contributed by atoms with van der Waals surface area (Å²) >= 11 is 0. The number of rotatable bonds is 2. The maximum Gasteiger partial charge on any atom is 0.410 e. The van der Waals surface area contributed by atoms with Gasteiger partial charge in [-0.2, -0.15) is 4.39 Å². The van der Waals surface area contributed by atoms with Gasteiger partial charge in [0.15, 0.2) is 11.5 Å². The molecule has 5 heterocycles. The van der Waals surface area contributed by atoms with Crippen molar-refractivity contribution in [3.8, 4) is 11.4 Å². The minimum atomic E-state index is -0.669. The first kappa shape index (κ1) is 20.7. The van der Waals surface area contributed by atoms with Crippen LogP contribution in [0.5, 0.6) is 0 Å². The van der Waals surface area contributed by atoms with E-state index in [1.165, 1.54) is 10.9 Å². The number of amides is 1. The molecule has 9 nitrogen and oxygen atoms in total. The van der Waals surface area contributed by atoms with Gasteiger partial charge in [0.05, 0.1) is 23.8 Å². The molecule has 2 bridgehead atoms. The Hall–Kier alpha value is -3.24. The topological polar surface area (TPSA) is 92.2 Å². The number of piperazine rings is 1. The van der Waals surface area contributed by atoms with Gasteiger partial charge in [-0.15, -0.1) is 5.10 Å². The second kappa shape index (κ2) is 7.14. The molecule has 0 aliphatic carbocycles. The molecule has 2 aliphatic heterocycles. The number of anilines is 1. The van der Waals surface area contributed by atoms with Crippen molar-refractivity contribution in [3.63, 3.8) is 0 Å². The Bertz CT molecular complexity index is 1180. The second-order valence-electron chi connectivity index (χ2n) is 9.42. The molecule has 0 aromatic carbocycles. The quantitative estimate of drug-likeness (QED) is 0.651. The molecule has 170 valence electrons. The van der Waals surface area contributed by atoms with Crippen molar-refractivity contribution in [2.24, 2.45) is 7.05 Å². The zero-order valence-electron chi connectivity index (χ0n) is 18.4. The molecule has 2 atom stereocenters. The summed E-state index contributed by atoms with van der Waals surface area (Å²) in [4.78, 5) is 28.0. The highest BCUT2D eigenvalue weighted by molar-refractivity contribution is 5.89. The highest BCUT2D eigenvalue weighted by Gasteiger charge is 2.45. The van der Waals surface area contributed by atoms with Crippen LogP contribution in [0.1, 0.15) is 33.6 Å². The van der Waals surface area contributed by atoms with E-state index in [9.17, 15) is 13.6 Å². The van der Waals surface area contributed by atoms with Gasteiger partial charge in [-0.1, -0.05) is 0 Å². The van der Waals surface area contributed by atoms with E-state index >= 15 is 0 Å². The molecule has 32 heavy (non-hydrogen) atoms. The molecule has 2 unspecified atom stereocenters. The van der Waals surface area contributed by atoms with Crippen LogP contribution in [0, 0.1) is 11.8 Å². The summed E-state index contributed by atoms with van der Waals surface area (Å²) < 4.78 is 36.1. The molecule has 0 radical (unpaired) electrons. The predicted molar refractivity (Wildman–Crippen MR) is 113 cm³/mol. The Labute approximate surface area is 183 Å². The van der Waals surface area contributed by atoms with Crippen LogP contribution in [0.3, 0.4) is 0 Å². The summed E-state index contributed by atoms with van der Waals surface area (Å²) in [5, 5.41) is 3.70. The van der Waals surface area contributed by atoms with Crippen molar-refractivity contribution in [3.05, 3.63) is 24.2 Å².